The summed E-state index contributed by atoms with van der Waals surface area (Å²) in [7, 11) is 1.60. The number of benzene rings is 1. The van der Waals surface area contributed by atoms with Gasteiger partial charge in [-0.05, 0) is 29.6 Å². The lowest BCUT2D eigenvalue weighted by atomic mass is 10.1. The minimum atomic E-state index is -1.03. The first kappa shape index (κ1) is 11.7. The Kier molecular flexibility index (Phi) is 2.72. The number of fused-ring (bicyclic) bond motifs is 1. The highest BCUT2D eigenvalue weighted by molar-refractivity contribution is 7.17. The largest absolute Gasteiger partial charge is 0.495 e. The number of aromatic carboxylic acids is 1. The number of rotatable bonds is 3. The van der Waals surface area contributed by atoms with Crippen LogP contribution in [0.15, 0.2) is 29.6 Å². The van der Waals surface area contributed by atoms with Crippen LogP contribution in [-0.4, -0.2) is 28.4 Å². The number of carboxylic acid groups (broad SMARTS) is 1. The molecule has 0 fully saturated rings. The van der Waals surface area contributed by atoms with Gasteiger partial charge in [0.05, 0.1) is 12.8 Å². The molecule has 0 aliphatic rings. The number of carboxylic acids is 1. The standard InChI is InChI=1S/C13H10N2O3S/c1-18-12-7(2-3-11-8(12)4-5-19-11)9-6-10(13(16)17)15-14-9/h2-6H,1H3,(H,14,15)(H,16,17). The minimum absolute atomic E-state index is 0.0578. The van der Waals surface area contributed by atoms with Gasteiger partial charge in [0.15, 0.2) is 0 Å². The van der Waals surface area contributed by atoms with E-state index in [1.807, 2.05) is 23.6 Å². The van der Waals surface area contributed by atoms with E-state index in [0.29, 0.717) is 11.4 Å². The molecule has 6 heteroatoms. The number of carbonyl (C=O) groups is 1. The second kappa shape index (κ2) is 4.40. The van der Waals surface area contributed by atoms with E-state index in [4.69, 9.17) is 9.84 Å². The molecule has 0 amide bonds. The zero-order valence-electron chi connectivity index (χ0n) is 10.0. The molecule has 2 heterocycles. The summed E-state index contributed by atoms with van der Waals surface area (Å²) in [4.78, 5) is 10.9. The molecule has 0 atom stereocenters. The third-order valence-corrected chi connectivity index (χ3v) is 3.76. The molecular weight excluding hydrogens is 264 g/mol. The lowest BCUT2D eigenvalue weighted by molar-refractivity contribution is 0.0690. The van der Waals surface area contributed by atoms with Crippen molar-refractivity contribution in [3.63, 3.8) is 0 Å². The predicted molar refractivity (Wildman–Crippen MR) is 72.9 cm³/mol. The molecule has 5 nitrogen and oxygen atoms in total. The number of hydrogen-bond donors (Lipinski definition) is 2. The Morgan fingerprint density at radius 3 is 2.95 bits per heavy atom. The second-order valence-electron chi connectivity index (χ2n) is 3.95. The summed E-state index contributed by atoms with van der Waals surface area (Å²) >= 11 is 1.63. The van der Waals surface area contributed by atoms with Gasteiger partial charge in [0.2, 0.25) is 0 Å². The minimum Gasteiger partial charge on any atom is -0.495 e. The first-order valence-corrected chi connectivity index (χ1v) is 6.42. The number of thiophene rings is 1. The molecule has 96 valence electrons. The maximum Gasteiger partial charge on any atom is 0.353 e. The fraction of sp³-hybridized carbons (Fsp3) is 0.0769. The molecule has 0 bridgehead atoms. The highest BCUT2D eigenvalue weighted by Crippen LogP contribution is 2.38. The Balaban J connectivity index is 2.20. The van der Waals surface area contributed by atoms with Gasteiger partial charge in [-0.25, -0.2) is 4.79 Å². The number of nitrogens with zero attached hydrogens (tertiary/aromatic N) is 1. The number of ether oxygens (including phenoxy) is 1. The molecule has 0 unspecified atom stereocenters. The number of nitrogens with one attached hydrogen (secondary N) is 1. The van der Waals surface area contributed by atoms with Gasteiger partial charge in [-0.2, -0.15) is 5.10 Å². The van der Waals surface area contributed by atoms with E-state index in [2.05, 4.69) is 10.2 Å². The van der Waals surface area contributed by atoms with Crippen LogP contribution in [0.3, 0.4) is 0 Å². The van der Waals surface area contributed by atoms with E-state index in [1.54, 1.807) is 18.4 Å². The zero-order valence-corrected chi connectivity index (χ0v) is 10.8. The quantitative estimate of drug-likeness (QED) is 0.769. The van der Waals surface area contributed by atoms with E-state index >= 15 is 0 Å². The maximum absolute atomic E-state index is 10.9. The van der Waals surface area contributed by atoms with Gasteiger partial charge >= 0.3 is 5.97 Å². The molecule has 1 aromatic carbocycles. The predicted octanol–water partition coefficient (Wildman–Crippen LogP) is 3.00. The Labute approximate surface area is 112 Å². The van der Waals surface area contributed by atoms with Crippen molar-refractivity contribution in [3.8, 4) is 17.0 Å². The molecule has 0 spiro atoms. The van der Waals surface area contributed by atoms with Crippen molar-refractivity contribution in [2.45, 2.75) is 0 Å². The maximum atomic E-state index is 10.9. The fourth-order valence-corrected chi connectivity index (χ4v) is 2.79. The van der Waals surface area contributed by atoms with Gasteiger partial charge in [-0.15, -0.1) is 11.3 Å². The number of methoxy groups -OCH3 is 1. The molecule has 0 aliphatic heterocycles. The van der Waals surface area contributed by atoms with Crippen molar-refractivity contribution in [2.75, 3.05) is 7.11 Å². The van der Waals surface area contributed by atoms with Crippen LogP contribution in [0.5, 0.6) is 5.75 Å². The normalized spacial score (nSPS) is 10.8. The smallest absolute Gasteiger partial charge is 0.353 e. The van der Waals surface area contributed by atoms with Crippen molar-refractivity contribution in [1.29, 1.82) is 0 Å². The van der Waals surface area contributed by atoms with Gasteiger partial charge < -0.3 is 9.84 Å². The van der Waals surface area contributed by atoms with Crippen molar-refractivity contribution in [2.24, 2.45) is 0 Å². The van der Waals surface area contributed by atoms with Gasteiger partial charge in [0.1, 0.15) is 11.4 Å². The van der Waals surface area contributed by atoms with Crippen LogP contribution >= 0.6 is 11.3 Å². The van der Waals surface area contributed by atoms with E-state index in [0.717, 1.165) is 15.6 Å². The van der Waals surface area contributed by atoms with Crippen molar-refractivity contribution < 1.29 is 14.6 Å². The number of hydrogen-bond acceptors (Lipinski definition) is 4. The van der Waals surface area contributed by atoms with Crippen LogP contribution in [0.4, 0.5) is 0 Å². The summed E-state index contributed by atoms with van der Waals surface area (Å²) in [5, 5.41) is 18.4. The van der Waals surface area contributed by atoms with Crippen LogP contribution in [0, 0.1) is 0 Å². The average molecular weight is 274 g/mol. The van der Waals surface area contributed by atoms with Crippen molar-refractivity contribution >= 4 is 27.4 Å². The summed E-state index contributed by atoms with van der Waals surface area (Å²) in [5.41, 5.74) is 1.39. The van der Waals surface area contributed by atoms with E-state index in [-0.39, 0.29) is 5.69 Å². The monoisotopic (exact) mass is 274 g/mol. The average Bonchev–Trinajstić information content (AvgIpc) is 3.05. The Hall–Kier alpha value is -2.34. The number of aromatic amines is 1. The van der Waals surface area contributed by atoms with Crippen LogP contribution in [0.1, 0.15) is 10.5 Å². The molecule has 2 N–H and O–H groups in total. The summed E-state index contributed by atoms with van der Waals surface area (Å²) < 4.78 is 6.57. The van der Waals surface area contributed by atoms with E-state index < -0.39 is 5.97 Å². The first-order chi connectivity index (χ1) is 9.20. The van der Waals surface area contributed by atoms with Gasteiger partial charge in [-0.3, -0.25) is 5.10 Å². The van der Waals surface area contributed by atoms with Crippen molar-refractivity contribution in [3.05, 3.63) is 35.3 Å². The Bertz CT molecular complexity index is 760. The Morgan fingerprint density at radius 1 is 1.42 bits per heavy atom. The fourth-order valence-electron chi connectivity index (χ4n) is 2.01. The topological polar surface area (TPSA) is 75.2 Å². The van der Waals surface area contributed by atoms with Gasteiger partial charge in [0, 0.05) is 15.6 Å². The van der Waals surface area contributed by atoms with E-state index in [1.165, 1.54) is 6.07 Å². The molecule has 3 rings (SSSR count). The third kappa shape index (κ3) is 1.86. The molecule has 19 heavy (non-hydrogen) atoms. The molecular formula is C13H10N2O3S. The lowest BCUT2D eigenvalue weighted by Gasteiger charge is -2.07. The van der Waals surface area contributed by atoms with Crippen LogP contribution < -0.4 is 4.74 Å². The molecule has 0 radical (unpaired) electrons. The first-order valence-electron chi connectivity index (χ1n) is 5.54. The van der Waals surface area contributed by atoms with Crippen LogP contribution in [-0.2, 0) is 0 Å². The highest BCUT2D eigenvalue weighted by atomic mass is 32.1. The number of aromatic nitrogens is 2. The highest BCUT2D eigenvalue weighted by Gasteiger charge is 2.15. The van der Waals surface area contributed by atoms with Gasteiger partial charge in [0.25, 0.3) is 0 Å². The molecule has 3 aromatic rings. The van der Waals surface area contributed by atoms with E-state index in [9.17, 15) is 4.79 Å². The molecule has 0 saturated heterocycles. The molecule has 0 aliphatic carbocycles. The SMILES string of the molecule is COc1c(-c2cc(C(=O)O)[nH]n2)ccc2sccc12. The summed E-state index contributed by atoms with van der Waals surface area (Å²) in [6.45, 7) is 0. The summed E-state index contributed by atoms with van der Waals surface area (Å²) in [5.74, 6) is -0.323. The second-order valence-corrected chi connectivity index (χ2v) is 4.90. The zero-order chi connectivity index (χ0) is 13.4. The van der Waals surface area contributed by atoms with Crippen LogP contribution in [0.25, 0.3) is 21.3 Å². The summed E-state index contributed by atoms with van der Waals surface area (Å²) in [6.07, 6.45) is 0. The number of H-pyrrole nitrogens is 1. The molecule has 2 aromatic heterocycles. The lowest BCUT2D eigenvalue weighted by Crippen LogP contribution is -1.95. The van der Waals surface area contributed by atoms with Crippen molar-refractivity contribution in [1.82, 2.24) is 10.2 Å². The van der Waals surface area contributed by atoms with Crippen LogP contribution in [0.2, 0.25) is 0 Å². The molecule has 0 saturated carbocycles. The Morgan fingerprint density at radius 2 is 2.26 bits per heavy atom. The third-order valence-electron chi connectivity index (χ3n) is 2.87. The summed E-state index contributed by atoms with van der Waals surface area (Å²) in [6, 6.07) is 7.35. The van der Waals surface area contributed by atoms with Gasteiger partial charge in [-0.1, -0.05) is 0 Å².